The molecule has 0 unspecified atom stereocenters. The van der Waals surface area contributed by atoms with Gasteiger partial charge in [-0.1, -0.05) is 12.1 Å². The van der Waals surface area contributed by atoms with E-state index in [0.29, 0.717) is 12.2 Å². The van der Waals surface area contributed by atoms with Crippen LogP contribution in [0, 0.1) is 0 Å². The molecule has 0 aliphatic heterocycles. The van der Waals surface area contributed by atoms with Gasteiger partial charge in [-0.15, -0.1) is 0 Å². The first-order valence-corrected chi connectivity index (χ1v) is 7.34. The van der Waals surface area contributed by atoms with E-state index in [9.17, 15) is 13.2 Å². The van der Waals surface area contributed by atoms with Crippen molar-refractivity contribution in [1.29, 1.82) is 0 Å². The molecule has 9 heteroatoms. The molecule has 3 rings (SSSR count). The third-order valence-electron chi connectivity index (χ3n) is 3.32. The molecule has 24 heavy (non-hydrogen) atoms. The molecule has 0 bridgehead atoms. The number of alkyl halides is 3. The largest absolute Gasteiger partial charge is 0.416 e. The van der Waals surface area contributed by atoms with E-state index < -0.39 is 11.7 Å². The molecule has 6 nitrogen and oxygen atoms in total. The quantitative estimate of drug-likeness (QED) is 0.714. The molecule has 0 aliphatic rings. The van der Waals surface area contributed by atoms with Crippen LogP contribution in [0.4, 0.5) is 13.2 Å². The summed E-state index contributed by atoms with van der Waals surface area (Å²) >= 11 is 0. The van der Waals surface area contributed by atoms with Gasteiger partial charge in [0, 0.05) is 24.6 Å². The summed E-state index contributed by atoms with van der Waals surface area (Å²) in [5.41, 5.74) is 0.143. The summed E-state index contributed by atoms with van der Waals surface area (Å²) in [6.45, 7) is 2.72. The van der Waals surface area contributed by atoms with E-state index in [1.807, 2.05) is 6.92 Å². The first-order chi connectivity index (χ1) is 11.5. The molecule has 3 aromatic rings. The zero-order valence-corrected chi connectivity index (χ0v) is 12.8. The van der Waals surface area contributed by atoms with Crippen molar-refractivity contribution < 1.29 is 17.7 Å². The maximum absolute atomic E-state index is 12.7. The van der Waals surface area contributed by atoms with E-state index >= 15 is 0 Å². The summed E-state index contributed by atoms with van der Waals surface area (Å²) in [6.07, 6.45) is -0.718. The van der Waals surface area contributed by atoms with Gasteiger partial charge in [0.25, 0.3) is 5.89 Å². The molecule has 3 heterocycles. The Morgan fingerprint density at radius 3 is 2.79 bits per heavy atom. The van der Waals surface area contributed by atoms with Gasteiger partial charge in [-0.2, -0.15) is 23.3 Å². The molecule has 0 fully saturated rings. The molecule has 126 valence electrons. The maximum Gasteiger partial charge on any atom is 0.416 e. The molecule has 0 N–H and O–H groups in total. The zero-order valence-electron chi connectivity index (χ0n) is 12.8. The van der Waals surface area contributed by atoms with Crippen LogP contribution in [0.2, 0.25) is 0 Å². The van der Waals surface area contributed by atoms with Crippen LogP contribution in [0.25, 0.3) is 11.6 Å². The maximum atomic E-state index is 12.7. The topological polar surface area (TPSA) is 69.6 Å². The number of aryl methyl sites for hydroxylation is 1. The van der Waals surface area contributed by atoms with E-state index in [-0.39, 0.29) is 23.8 Å². The molecular formula is C15H14F3N5O. The van der Waals surface area contributed by atoms with Crippen LogP contribution in [-0.4, -0.2) is 24.9 Å². The van der Waals surface area contributed by atoms with Gasteiger partial charge < -0.3 is 4.52 Å². The summed E-state index contributed by atoms with van der Waals surface area (Å²) in [5.74, 6) is 0.545. The molecule has 0 aliphatic carbocycles. The minimum Gasteiger partial charge on any atom is -0.332 e. The third-order valence-corrected chi connectivity index (χ3v) is 3.32. The van der Waals surface area contributed by atoms with Gasteiger partial charge in [0.2, 0.25) is 0 Å². The van der Waals surface area contributed by atoms with Crippen molar-refractivity contribution in [2.45, 2.75) is 32.5 Å². The molecule has 0 aromatic carbocycles. The Morgan fingerprint density at radius 2 is 2.04 bits per heavy atom. The number of hydrogen-bond donors (Lipinski definition) is 0. The fourth-order valence-electron chi connectivity index (χ4n) is 2.25. The lowest BCUT2D eigenvalue weighted by Gasteiger charge is -2.06. The zero-order chi connectivity index (χ0) is 17.2. The Bertz CT molecular complexity index is 824. The third kappa shape index (κ3) is 3.44. The number of halogens is 3. The van der Waals surface area contributed by atoms with E-state index in [1.54, 1.807) is 16.9 Å². The van der Waals surface area contributed by atoms with Crippen molar-refractivity contribution in [2.75, 3.05) is 0 Å². The van der Waals surface area contributed by atoms with Gasteiger partial charge >= 0.3 is 6.18 Å². The van der Waals surface area contributed by atoms with Crippen LogP contribution in [0.15, 0.2) is 35.1 Å². The average Bonchev–Trinajstić information content (AvgIpc) is 3.16. The van der Waals surface area contributed by atoms with Gasteiger partial charge in [-0.05, 0) is 24.6 Å². The molecule has 0 saturated carbocycles. The summed E-state index contributed by atoms with van der Waals surface area (Å²) in [4.78, 5) is 8.15. The van der Waals surface area contributed by atoms with Crippen LogP contribution >= 0.6 is 0 Å². The standard InChI is InChI=1S/C15H14F3N5O/c1-2-7-23-12(4-6-20-23)14-21-13(22-24-14)9-11-8-10(3-5-19-11)15(16,17)18/h3-6,8H,2,7,9H2,1H3. The Hall–Kier alpha value is -2.71. The molecule has 0 saturated heterocycles. The highest BCUT2D eigenvalue weighted by Gasteiger charge is 2.30. The minimum absolute atomic E-state index is 0.0509. The number of aromatic nitrogens is 5. The fraction of sp³-hybridized carbons (Fsp3) is 0.333. The predicted octanol–water partition coefficient (Wildman–Crippen LogP) is 3.35. The van der Waals surface area contributed by atoms with Gasteiger partial charge in [0.05, 0.1) is 12.0 Å². The van der Waals surface area contributed by atoms with Crippen LogP contribution in [-0.2, 0) is 19.1 Å². The van der Waals surface area contributed by atoms with E-state index in [4.69, 9.17) is 4.52 Å². The summed E-state index contributed by atoms with van der Waals surface area (Å²) in [7, 11) is 0. The summed E-state index contributed by atoms with van der Waals surface area (Å²) in [5, 5.41) is 7.98. The van der Waals surface area contributed by atoms with E-state index in [1.165, 1.54) is 0 Å². The SMILES string of the molecule is CCCn1nccc1-c1nc(Cc2cc(C(F)(F)F)ccn2)no1. The smallest absolute Gasteiger partial charge is 0.332 e. The highest BCUT2D eigenvalue weighted by molar-refractivity contribution is 5.46. The van der Waals surface area contributed by atoms with Crippen molar-refractivity contribution in [2.24, 2.45) is 0 Å². The van der Waals surface area contributed by atoms with E-state index in [2.05, 4.69) is 20.2 Å². The van der Waals surface area contributed by atoms with Crippen molar-refractivity contribution in [3.05, 3.63) is 47.7 Å². The second kappa shape index (κ2) is 6.42. The molecule has 0 amide bonds. The van der Waals surface area contributed by atoms with Gasteiger partial charge in [0.15, 0.2) is 5.82 Å². The van der Waals surface area contributed by atoms with Gasteiger partial charge in [-0.25, -0.2) is 0 Å². The van der Waals surface area contributed by atoms with Crippen LogP contribution < -0.4 is 0 Å². The Labute approximate surface area is 135 Å². The molecule has 0 atom stereocenters. The second-order valence-corrected chi connectivity index (χ2v) is 5.17. The molecule has 3 aromatic heterocycles. The molecule has 0 radical (unpaired) electrons. The highest BCUT2D eigenvalue weighted by atomic mass is 19.4. The lowest BCUT2D eigenvalue weighted by molar-refractivity contribution is -0.137. The number of pyridine rings is 1. The minimum atomic E-state index is -4.41. The van der Waals surface area contributed by atoms with Crippen LogP contribution in [0.3, 0.4) is 0 Å². The lowest BCUT2D eigenvalue weighted by Crippen LogP contribution is -2.06. The van der Waals surface area contributed by atoms with E-state index in [0.717, 1.165) is 24.8 Å². The molecule has 0 spiro atoms. The Morgan fingerprint density at radius 1 is 1.21 bits per heavy atom. The first-order valence-electron chi connectivity index (χ1n) is 7.34. The van der Waals surface area contributed by atoms with Crippen LogP contribution in [0.1, 0.15) is 30.4 Å². The summed E-state index contributed by atoms with van der Waals surface area (Å²) < 4.78 is 45.1. The van der Waals surface area contributed by atoms with Gasteiger partial charge in [0.1, 0.15) is 5.69 Å². The van der Waals surface area contributed by atoms with Crippen LogP contribution in [0.5, 0.6) is 0 Å². The molecular weight excluding hydrogens is 323 g/mol. The normalized spacial score (nSPS) is 11.8. The van der Waals surface area contributed by atoms with Crippen molar-refractivity contribution in [3.63, 3.8) is 0 Å². The predicted molar refractivity (Wildman–Crippen MR) is 77.9 cm³/mol. The highest BCUT2D eigenvalue weighted by Crippen LogP contribution is 2.29. The second-order valence-electron chi connectivity index (χ2n) is 5.17. The van der Waals surface area contributed by atoms with Crippen molar-refractivity contribution in [3.8, 4) is 11.6 Å². The summed E-state index contributed by atoms with van der Waals surface area (Å²) in [6, 6.07) is 3.65. The number of rotatable bonds is 5. The number of hydrogen-bond acceptors (Lipinski definition) is 5. The first kappa shape index (κ1) is 16.2. The monoisotopic (exact) mass is 337 g/mol. The lowest BCUT2D eigenvalue weighted by atomic mass is 10.2. The fourth-order valence-corrected chi connectivity index (χ4v) is 2.25. The Balaban J connectivity index is 1.81. The van der Waals surface area contributed by atoms with Gasteiger partial charge in [-0.3, -0.25) is 9.67 Å². The average molecular weight is 337 g/mol. The van der Waals surface area contributed by atoms with Crippen molar-refractivity contribution in [1.82, 2.24) is 24.9 Å². The van der Waals surface area contributed by atoms with Crippen molar-refractivity contribution >= 4 is 0 Å². The number of nitrogens with zero attached hydrogens (tertiary/aromatic N) is 5. The Kier molecular flexibility index (Phi) is 4.32.